The summed E-state index contributed by atoms with van der Waals surface area (Å²) in [4.78, 5) is 8.05. The fraction of sp³-hybridized carbons (Fsp3) is 0.250. The molecule has 0 radical (unpaired) electrons. The number of nitrogens with zero attached hydrogens (tertiary/aromatic N) is 3. The van der Waals surface area contributed by atoms with Crippen LogP contribution in [0.25, 0.3) is 0 Å². The molecule has 1 aromatic carbocycles. The van der Waals surface area contributed by atoms with E-state index in [2.05, 4.69) is 26.7 Å². The minimum Gasteiger partial charge on any atom is -0.484 e. The molecule has 0 fully saturated rings. The lowest BCUT2D eigenvalue weighted by Gasteiger charge is -2.06. The van der Waals surface area contributed by atoms with Gasteiger partial charge in [-0.2, -0.15) is 0 Å². The van der Waals surface area contributed by atoms with Gasteiger partial charge in [-0.15, -0.1) is 0 Å². The average Bonchev–Trinajstić information content (AvgIpc) is 3.20. The molecule has 5 nitrogen and oxygen atoms in total. The summed E-state index contributed by atoms with van der Waals surface area (Å²) in [7, 11) is 0. The van der Waals surface area contributed by atoms with Crippen molar-refractivity contribution in [2.75, 3.05) is 0 Å². The van der Waals surface area contributed by atoms with Crippen LogP contribution < -0.4 is 4.74 Å². The first-order chi connectivity index (χ1) is 10.4. The van der Waals surface area contributed by atoms with Gasteiger partial charge >= 0.3 is 0 Å². The highest BCUT2D eigenvalue weighted by Gasteiger charge is 2.00. The van der Waals surface area contributed by atoms with Crippen LogP contribution in [0.15, 0.2) is 59.9 Å². The predicted molar refractivity (Wildman–Crippen MR) is 77.8 cm³/mol. The first-order valence-corrected chi connectivity index (χ1v) is 6.96. The molecule has 3 aromatic rings. The van der Waals surface area contributed by atoms with Gasteiger partial charge in [0.2, 0.25) is 5.89 Å². The molecule has 0 N–H and O–H groups in total. The highest BCUT2D eigenvalue weighted by Crippen LogP contribution is 2.15. The Kier molecular flexibility index (Phi) is 4.31. The largest absolute Gasteiger partial charge is 0.484 e. The zero-order valence-electron chi connectivity index (χ0n) is 11.7. The number of rotatable bonds is 7. The Morgan fingerprint density at radius 3 is 2.76 bits per heavy atom. The van der Waals surface area contributed by atoms with Gasteiger partial charge in [0.1, 0.15) is 12.0 Å². The maximum atomic E-state index is 5.60. The molecule has 0 atom stereocenters. The van der Waals surface area contributed by atoms with Crippen molar-refractivity contribution in [3.8, 4) is 5.75 Å². The number of hydrogen-bond acceptors (Lipinski definition) is 4. The number of aromatic nitrogens is 3. The zero-order chi connectivity index (χ0) is 14.3. The molecular weight excluding hydrogens is 266 g/mol. The molecule has 0 saturated heterocycles. The average molecular weight is 283 g/mol. The number of oxazole rings is 1. The summed E-state index contributed by atoms with van der Waals surface area (Å²) in [6.45, 7) is 1.34. The molecule has 0 aliphatic rings. The number of benzene rings is 1. The van der Waals surface area contributed by atoms with Crippen LogP contribution in [0, 0.1) is 0 Å². The monoisotopic (exact) mass is 283 g/mol. The summed E-state index contributed by atoms with van der Waals surface area (Å²) < 4.78 is 12.8. The van der Waals surface area contributed by atoms with Crippen LogP contribution in [-0.4, -0.2) is 14.5 Å². The highest BCUT2D eigenvalue weighted by molar-refractivity contribution is 5.27. The van der Waals surface area contributed by atoms with E-state index < -0.39 is 0 Å². The lowest BCUT2D eigenvalue weighted by atomic mass is 10.1. The van der Waals surface area contributed by atoms with Gasteiger partial charge in [0.25, 0.3) is 0 Å². The minimum atomic E-state index is 0.354. The first-order valence-electron chi connectivity index (χ1n) is 6.96. The number of aryl methyl sites for hydroxylation is 2. The highest BCUT2D eigenvalue weighted by atomic mass is 16.5. The van der Waals surface area contributed by atoms with Gasteiger partial charge in [0.15, 0.2) is 6.61 Å². The van der Waals surface area contributed by atoms with E-state index in [1.54, 1.807) is 18.7 Å². The van der Waals surface area contributed by atoms with Gasteiger partial charge in [0, 0.05) is 18.9 Å². The van der Waals surface area contributed by atoms with Gasteiger partial charge < -0.3 is 13.7 Å². The number of hydrogen-bond donors (Lipinski definition) is 0. The first kappa shape index (κ1) is 13.4. The van der Waals surface area contributed by atoms with Crippen molar-refractivity contribution in [2.45, 2.75) is 26.0 Å². The number of imidazole rings is 1. The van der Waals surface area contributed by atoms with Crippen LogP contribution in [-0.2, 0) is 19.6 Å². The fourth-order valence-corrected chi connectivity index (χ4v) is 2.11. The van der Waals surface area contributed by atoms with Crippen LogP contribution in [0.2, 0.25) is 0 Å². The summed E-state index contributed by atoms with van der Waals surface area (Å²) in [5, 5.41) is 0. The quantitative estimate of drug-likeness (QED) is 0.668. The van der Waals surface area contributed by atoms with Crippen molar-refractivity contribution < 1.29 is 9.15 Å². The van der Waals surface area contributed by atoms with Crippen molar-refractivity contribution in [1.82, 2.24) is 14.5 Å². The Labute approximate surface area is 123 Å². The van der Waals surface area contributed by atoms with Gasteiger partial charge in [-0.3, -0.25) is 0 Å². The van der Waals surface area contributed by atoms with Crippen molar-refractivity contribution in [3.63, 3.8) is 0 Å². The molecule has 2 heterocycles. The summed E-state index contributed by atoms with van der Waals surface area (Å²) in [5.74, 6) is 1.41. The molecule has 21 heavy (non-hydrogen) atoms. The summed E-state index contributed by atoms with van der Waals surface area (Å²) in [5.41, 5.74) is 1.30. The second kappa shape index (κ2) is 6.74. The molecule has 0 saturated carbocycles. The lowest BCUT2D eigenvalue weighted by Crippen LogP contribution is -1.97. The van der Waals surface area contributed by atoms with Crippen molar-refractivity contribution in [3.05, 3.63) is 66.9 Å². The second-order valence-corrected chi connectivity index (χ2v) is 4.76. The standard InChI is InChI=1S/C16H17N3O2/c1(9-19-10-7-17-13-19)2-14-3-5-15(6-4-14)21-12-16-18-8-11-20-16/h3-8,10-11,13H,1-2,9,12H2. The van der Waals surface area contributed by atoms with Crippen molar-refractivity contribution in [1.29, 1.82) is 0 Å². The summed E-state index contributed by atoms with van der Waals surface area (Å²) in [6, 6.07) is 8.16. The van der Waals surface area contributed by atoms with E-state index in [4.69, 9.17) is 9.15 Å². The van der Waals surface area contributed by atoms with E-state index in [-0.39, 0.29) is 0 Å². The van der Waals surface area contributed by atoms with E-state index in [0.29, 0.717) is 12.5 Å². The van der Waals surface area contributed by atoms with E-state index in [9.17, 15) is 0 Å². The Bertz CT molecular complexity index is 631. The normalized spacial score (nSPS) is 10.7. The maximum absolute atomic E-state index is 5.60. The van der Waals surface area contributed by atoms with Crippen molar-refractivity contribution in [2.24, 2.45) is 0 Å². The van der Waals surface area contributed by atoms with Crippen LogP contribution >= 0.6 is 0 Å². The Morgan fingerprint density at radius 1 is 1.14 bits per heavy atom. The van der Waals surface area contributed by atoms with Gasteiger partial charge in [-0.1, -0.05) is 12.1 Å². The topological polar surface area (TPSA) is 53.1 Å². The fourth-order valence-electron chi connectivity index (χ4n) is 2.11. The second-order valence-electron chi connectivity index (χ2n) is 4.76. The molecule has 0 spiro atoms. The molecule has 0 aliphatic carbocycles. The SMILES string of the molecule is c1cn(CCCc2ccc(OCc3ncco3)cc2)cn1. The number of ether oxygens (including phenoxy) is 1. The maximum Gasteiger partial charge on any atom is 0.232 e. The Balaban J connectivity index is 1.45. The van der Waals surface area contributed by atoms with Gasteiger partial charge in [-0.25, -0.2) is 9.97 Å². The van der Waals surface area contributed by atoms with Gasteiger partial charge in [0.05, 0.1) is 12.5 Å². The van der Waals surface area contributed by atoms with Crippen LogP contribution in [0.5, 0.6) is 5.75 Å². The Hall–Kier alpha value is -2.56. The molecule has 0 unspecified atom stereocenters. The molecule has 2 aromatic heterocycles. The van der Waals surface area contributed by atoms with E-state index >= 15 is 0 Å². The van der Waals surface area contributed by atoms with E-state index in [1.165, 1.54) is 5.56 Å². The van der Waals surface area contributed by atoms with Gasteiger partial charge in [-0.05, 0) is 30.5 Å². The third kappa shape index (κ3) is 3.95. The van der Waals surface area contributed by atoms with E-state index in [1.807, 2.05) is 24.7 Å². The molecule has 108 valence electrons. The van der Waals surface area contributed by atoms with Crippen LogP contribution in [0.4, 0.5) is 0 Å². The third-order valence-corrected chi connectivity index (χ3v) is 3.21. The molecule has 0 bridgehead atoms. The zero-order valence-corrected chi connectivity index (χ0v) is 11.7. The minimum absolute atomic E-state index is 0.354. The molecule has 0 aliphatic heterocycles. The molecule has 3 rings (SSSR count). The summed E-state index contributed by atoms with van der Waals surface area (Å²) in [6.07, 6.45) is 10.9. The Morgan fingerprint density at radius 2 is 2.05 bits per heavy atom. The predicted octanol–water partition coefficient (Wildman–Crippen LogP) is 3.08. The third-order valence-electron chi connectivity index (χ3n) is 3.21. The van der Waals surface area contributed by atoms with Crippen LogP contribution in [0.3, 0.4) is 0 Å². The summed E-state index contributed by atoms with van der Waals surface area (Å²) >= 11 is 0. The smallest absolute Gasteiger partial charge is 0.232 e. The van der Waals surface area contributed by atoms with E-state index in [0.717, 1.165) is 25.1 Å². The molecule has 0 amide bonds. The van der Waals surface area contributed by atoms with Crippen LogP contribution in [0.1, 0.15) is 17.9 Å². The van der Waals surface area contributed by atoms with Crippen molar-refractivity contribution >= 4 is 0 Å². The molecular formula is C16H17N3O2. The lowest BCUT2D eigenvalue weighted by molar-refractivity contribution is 0.263. The molecule has 5 heteroatoms.